The van der Waals surface area contributed by atoms with Gasteiger partial charge in [0, 0.05) is 24.5 Å². The van der Waals surface area contributed by atoms with Gasteiger partial charge in [-0.05, 0) is 37.5 Å². The Bertz CT molecular complexity index is 276. The standard InChI is InChI=1S/C14H26N2O.ClH/c1-14(2,3)7-6-13(17)16-12-8-10-4-5-11(9-12)15-10;/h10-12,15H,4-9H2,1-3H3,(H,16,17);1H. The molecule has 0 aromatic heterocycles. The van der Waals surface area contributed by atoms with Gasteiger partial charge in [0.25, 0.3) is 0 Å². The zero-order chi connectivity index (χ0) is 12.5. The van der Waals surface area contributed by atoms with Crippen molar-refractivity contribution in [2.75, 3.05) is 0 Å². The predicted octanol–water partition coefficient (Wildman–Crippen LogP) is 2.63. The molecule has 2 heterocycles. The first-order valence-corrected chi connectivity index (χ1v) is 6.98. The Balaban J connectivity index is 0.00000162. The van der Waals surface area contributed by atoms with Crippen LogP contribution in [0.2, 0.25) is 0 Å². The number of carbonyl (C=O) groups excluding carboxylic acids is 1. The van der Waals surface area contributed by atoms with Gasteiger partial charge in [0.1, 0.15) is 0 Å². The van der Waals surface area contributed by atoms with Crippen molar-refractivity contribution < 1.29 is 4.79 Å². The minimum Gasteiger partial charge on any atom is -0.353 e. The second-order valence-electron chi connectivity index (χ2n) is 6.93. The average molecular weight is 275 g/mol. The molecule has 4 heteroatoms. The largest absolute Gasteiger partial charge is 0.353 e. The molecule has 1 amide bonds. The monoisotopic (exact) mass is 274 g/mol. The maximum atomic E-state index is 11.9. The van der Waals surface area contributed by atoms with Crippen LogP contribution < -0.4 is 10.6 Å². The molecule has 18 heavy (non-hydrogen) atoms. The molecule has 0 aromatic rings. The molecule has 2 atom stereocenters. The smallest absolute Gasteiger partial charge is 0.220 e. The van der Waals surface area contributed by atoms with E-state index in [-0.39, 0.29) is 23.7 Å². The van der Waals surface area contributed by atoms with Crippen molar-refractivity contribution in [1.29, 1.82) is 0 Å². The molecule has 0 spiro atoms. The molecule has 2 unspecified atom stereocenters. The summed E-state index contributed by atoms with van der Waals surface area (Å²) in [7, 11) is 0. The summed E-state index contributed by atoms with van der Waals surface area (Å²) >= 11 is 0. The summed E-state index contributed by atoms with van der Waals surface area (Å²) in [6, 6.07) is 1.73. The fourth-order valence-electron chi connectivity index (χ4n) is 2.96. The van der Waals surface area contributed by atoms with Crippen LogP contribution >= 0.6 is 12.4 Å². The van der Waals surface area contributed by atoms with Gasteiger partial charge in [-0.25, -0.2) is 0 Å². The molecule has 106 valence electrons. The van der Waals surface area contributed by atoms with Crippen LogP contribution in [0.4, 0.5) is 0 Å². The van der Waals surface area contributed by atoms with E-state index in [1.165, 1.54) is 12.8 Å². The number of hydrogen-bond acceptors (Lipinski definition) is 2. The van der Waals surface area contributed by atoms with E-state index < -0.39 is 0 Å². The highest BCUT2D eigenvalue weighted by atomic mass is 35.5. The van der Waals surface area contributed by atoms with Crippen LogP contribution in [0.1, 0.15) is 59.3 Å². The first kappa shape index (κ1) is 15.8. The van der Waals surface area contributed by atoms with Gasteiger partial charge in [-0.2, -0.15) is 0 Å². The van der Waals surface area contributed by atoms with E-state index in [0.717, 1.165) is 19.3 Å². The lowest BCUT2D eigenvalue weighted by Crippen LogP contribution is -2.48. The van der Waals surface area contributed by atoms with Gasteiger partial charge in [-0.1, -0.05) is 20.8 Å². The van der Waals surface area contributed by atoms with Gasteiger partial charge < -0.3 is 10.6 Å². The fraction of sp³-hybridized carbons (Fsp3) is 0.929. The summed E-state index contributed by atoms with van der Waals surface area (Å²) in [5.74, 6) is 0.242. The highest BCUT2D eigenvalue weighted by Gasteiger charge is 2.33. The van der Waals surface area contributed by atoms with E-state index >= 15 is 0 Å². The summed E-state index contributed by atoms with van der Waals surface area (Å²) in [4.78, 5) is 11.9. The zero-order valence-electron chi connectivity index (χ0n) is 11.8. The van der Waals surface area contributed by atoms with Gasteiger partial charge >= 0.3 is 0 Å². The second kappa shape index (κ2) is 6.25. The summed E-state index contributed by atoms with van der Waals surface area (Å²) in [6.07, 6.45) is 6.47. The molecular formula is C14H27ClN2O. The lowest BCUT2D eigenvalue weighted by molar-refractivity contribution is -0.122. The van der Waals surface area contributed by atoms with E-state index in [9.17, 15) is 4.79 Å². The van der Waals surface area contributed by atoms with Crippen molar-refractivity contribution in [3.63, 3.8) is 0 Å². The molecule has 0 aliphatic carbocycles. The van der Waals surface area contributed by atoms with Crippen molar-refractivity contribution >= 4 is 18.3 Å². The van der Waals surface area contributed by atoms with Crippen molar-refractivity contribution in [3.05, 3.63) is 0 Å². The van der Waals surface area contributed by atoms with Gasteiger partial charge in [-0.15, -0.1) is 12.4 Å². The third-order valence-corrected chi connectivity index (χ3v) is 3.94. The molecule has 3 nitrogen and oxygen atoms in total. The summed E-state index contributed by atoms with van der Waals surface area (Å²) in [6.45, 7) is 6.56. The number of amides is 1. The number of hydrogen-bond donors (Lipinski definition) is 2. The Morgan fingerprint density at radius 1 is 1.22 bits per heavy atom. The molecule has 2 rings (SSSR count). The Labute approximate surface area is 117 Å². The number of rotatable bonds is 3. The minimum absolute atomic E-state index is 0. The minimum atomic E-state index is 0. The van der Waals surface area contributed by atoms with Crippen molar-refractivity contribution in [2.24, 2.45) is 5.41 Å². The molecule has 2 N–H and O–H groups in total. The van der Waals surface area contributed by atoms with Gasteiger partial charge in [0.05, 0.1) is 0 Å². The van der Waals surface area contributed by atoms with Crippen molar-refractivity contribution in [1.82, 2.24) is 10.6 Å². The number of carbonyl (C=O) groups is 1. The van der Waals surface area contributed by atoms with E-state index in [1.54, 1.807) is 0 Å². The van der Waals surface area contributed by atoms with Crippen molar-refractivity contribution in [3.8, 4) is 0 Å². The third kappa shape index (κ3) is 4.77. The SMILES string of the molecule is CC(C)(C)CCC(=O)NC1CC2CCC(C1)N2.Cl. The first-order valence-electron chi connectivity index (χ1n) is 6.98. The second-order valence-corrected chi connectivity index (χ2v) is 6.93. The topological polar surface area (TPSA) is 41.1 Å². The van der Waals surface area contributed by atoms with E-state index in [1.807, 2.05) is 0 Å². The molecule has 0 radical (unpaired) electrons. The van der Waals surface area contributed by atoms with E-state index in [4.69, 9.17) is 0 Å². The summed E-state index contributed by atoms with van der Waals surface area (Å²) < 4.78 is 0. The predicted molar refractivity (Wildman–Crippen MR) is 77.0 cm³/mol. The van der Waals surface area contributed by atoms with Gasteiger partial charge in [0.2, 0.25) is 5.91 Å². The molecule has 2 bridgehead atoms. The van der Waals surface area contributed by atoms with Gasteiger partial charge in [-0.3, -0.25) is 4.79 Å². The molecule has 2 aliphatic rings. The van der Waals surface area contributed by atoms with E-state index in [0.29, 0.717) is 24.5 Å². The Kier molecular flexibility index (Phi) is 5.47. The van der Waals surface area contributed by atoms with Crippen LogP contribution in [-0.2, 0) is 4.79 Å². The van der Waals surface area contributed by atoms with Crippen LogP contribution in [-0.4, -0.2) is 24.0 Å². The quantitative estimate of drug-likeness (QED) is 0.831. The highest BCUT2D eigenvalue weighted by Crippen LogP contribution is 2.27. The molecule has 0 saturated carbocycles. The number of fused-ring (bicyclic) bond motifs is 2. The Morgan fingerprint density at radius 3 is 2.28 bits per heavy atom. The molecule has 2 saturated heterocycles. The maximum absolute atomic E-state index is 11.9. The van der Waals surface area contributed by atoms with Gasteiger partial charge in [0.15, 0.2) is 0 Å². The number of halogens is 1. The van der Waals surface area contributed by atoms with Crippen LogP contribution in [0.5, 0.6) is 0 Å². The Morgan fingerprint density at radius 2 is 1.78 bits per heavy atom. The number of piperidine rings is 1. The van der Waals surface area contributed by atoms with Crippen LogP contribution in [0, 0.1) is 5.41 Å². The zero-order valence-corrected chi connectivity index (χ0v) is 12.6. The molecule has 2 aliphatic heterocycles. The maximum Gasteiger partial charge on any atom is 0.220 e. The van der Waals surface area contributed by atoms with Crippen LogP contribution in [0.25, 0.3) is 0 Å². The van der Waals surface area contributed by atoms with Crippen LogP contribution in [0.15, 0.2) is 0 Å². The third-order valence-electron chi connectivity index (χ3n) is 3.94. The lowest BCUT2D eigenvalue weighted by atomic mass is 9.90. The lowest BCUT2D eigenvalue weighted by Gasteiger charge is -2.30. The molecular weight excluding hydrogens is 248 g/mol. The average Bonchev–Trinajstić information content (AvgIpc) is 2.54. The normalized spacial score (nSPS) is 30.7. The molecule has 2 fully saturated rings. The Hall–Kier alpha value is -0.280. The molecule has 0 aromatic carbocycles. The summed E-state index contributed by atoms with van der Waals surface area (Å²) in [5, 5.41) is 6.81. The van der Waals surface area contributed by atoms with E-state index in [2.05, 4.69) is 31.4 Å². The first-order chi connectivity index (χ1) is 7.92. The summed E-state index contributed by atoms with van der Waals surface area (Å²) in [5.41, 5.74) is 0.254. The fourth-order valence-corrected chi connectivity index (χ4v) is 2.96. The van der Waals surface area contributed by atoms with Crippen molar-refractivity contribution in [2.45, 2.75) is 77.4 Å². The highest BCUT2D eigenvalue weighted by molar-refractivity contribution is 5.85. The number of nitrogens with one attached hydrogen (secondary N) is 2. The van der Waals surface area contributed by atoms with Crippen LogP contribution in [0.3, 0.4) is 0 Å².